The number of nitrogens with zero attached hydrogens (tertiary/aromatic N) is 4. The summed E-state index contributed by atoms with van der Waals surface area (Å²) in [7, 11) is 0. The molecule has 0 aliphatic rings. The van der Waals surface area contributed by atoms with Crippen molar-refractivity contribution in [2.24, 2.45) is 0 Å². The highest BCUT2D eigenvalue weighted by Crippen LogP contribution is 2.12. The van der Waals surface area contributed by atoms with Crippen molar-refractivity contribution < 1.29 is 4.79 Å². The van der Waals surface area contributed by atoms with Crippen LogP contribution in [0.5, 0.6) is 0 Å². The third kappa shape index (κ3) is 1.51. The lowest BCUT2D eigenvalue weighted by atomic mass is 10.4. The Morgan fingerprint density at radius 1 is 1.50 bits per heavy atom. The summed E-state index contributed by atoms with van der Waals surface area (Å²) >= 11 is 0. The van der Waals surface area contributed by atoms with E-state index in [0.29, 0.717) is 17.0 Å². The number of anilines is 1. The van der Waals surface area contributed by atoms with Crippen LogP contribution in [0.4, 0.5) is 5.82 Å². The summed E-state index contributed by atoms with van der Waals surface area (Å²) in [6.45, 7) is 1.72. The van der Waals surface area contributed by atoms with Gasteiger partial charge in [-0.1, -0.05) is 0 Å². The molecule has 7 heteroatoms. The van der Waals surface area contributed by atoms with E-state index in [1.54, 1.807) is 0 Å². The van der Waals surface area contributed by atoms with Gasteiger partial charge in [-0.15, -0.1) is 5.10 Å². The number of aromatic amines is 1. The molecular formula is C7H8N6O. The maximum Gasteiger partial charge on any atom is 0.206 e. The van der Waals surface area contributed by atoms with Gasteiger partial charge in [0.15, 0.2) is 11.3 Å². The molecule has 0 saturated heterocycles. The second-order valence-electron chi connectivity index (χ2n) is 2.77. The van der Waals surface area contributed by atoms with Gasteiger partial charge in [-0.3, -0.25) is 4.79 Å². The Kier molecular flexibility index (Phi) is 2.05. The second kappa shape index (κ2) is 3.36. The minimum absolute atomic E-state index is 0.0280. The Morgan fingerprint density at radius 2 is 2.36 bits per heavy atom. The molecule has 0 radical (unpaired) electrons. The summed E-state index contributed by atoms with van der Waals surface area (Å²) in [4.78, 5) is 18.6. The minimum Gasteiger partial charge on any atom is -0.361 e. The molecule has 0 unspecified atom stereocenters. The van der Waals surface area contributed by atoms with Crippen molar-refractivity contribution in [1.29, 1.82) is 0 Å². The zero-order valence-electron chi connectivity index (χ0n) is 7.48. The lowest BCUT2D eigenvalue weighted by Crippen LogP contribution is -2.11. The van der Waals surface area contributed by atoms with Crippen LogP contribution in [0.2, 0.25) is 0 Å². The molecule has 2 heterocycles. The molecule has 0 amide bonds. The van der Waals surface area contributed by atoms with E-state index < -0.39 is 0 Å². The van der Waals surface area contributed by atoms with Crippen LogP contribution in [0.25, 0.3) is 11.2 Å². The average molecular weight is 192 g/mol. The molecular weight excluding hydrogens is 184 g/mol. The van der Waals surface area contributed by atoms with Crippen LogP contribution < -0.4 is 5.32 Å². The van der Waals surface area contributed by atoms with Gasteiger partial charge in [-0.25, -0.2) is 9.97 Å². The molecule has 0 bridgehead atoms. The number of rotatable bonds is 3. The minimum atomic E-state index is 0.0280. The quantitative estimate of drug-likeness (QED) is 0.696. The molecule has 0 saturated carbocycles. The number of hydrogen-bond donors (Lipinski definition) is 2. The summed E-state index contributed by atoms with van der Waals surface area (Å²) in [5, 5.41) is 12.9. The molecule has 0 aromatic carbocycles. The normalized spacial score (nSPS) is 10.4. The predicted octanol–water partition coefficient (Wildman–Crippen LogP) is -0.251. The van der Waals surface area contributed by atoms with Crippen LogP contribution >= 0.6 is 0 Å². The number of H-pyrrole nitrogens is 1. The predicted molar refractivity (Wildman–Crippen MR) is 48.6 cm³/mol. The number of Topliss-reactive ketones (excluding diaryl/α,β-unsaturated/α-hetero) is 1. The van der Waals surface area contributed by atoms with Crippen LogP contribution in [-0.4, -0.2) is 37.7 Å². The standard InChI is InChI=1S/C7H8N6O/c1-4(14)2-8-6-5-7(10-3-9-6)12-13-11-5/h3H,2H2,1H3,(H2,8,9,10,11,12,13). The number of ketones is 1. The fourth-order valence-corrected chi connectivity index (χ4v) is 1.01. The zero-order chi connectivity index (χ0) is 9.97. The van der Waals surface area contributed by atoms with Crippen molar-refractivity contribution in [3.63, 3.8) is 0 Å². The fraction of sp³-hybridized carbons (Fsp3) is 0.286. The highest BCUT2D eigenvalue weighted by Gasteiger charge is 2.06. The maximum atomic E-state index is 10.7. The van der Waals surface area contributed by atoms with Gasteiger partial charge in [0.05, 0.1) is 6.54 Å². The summed E-state index contributed by atoms with van der Waals surface area (Å²) in [6.07, 6.45) is 1.37. The van der Waals surface area contributed by atoms with Gasteiger partial charge < -0.3 is 5.32 Å². The maximum absolute atomic E-state index is 10.7. The molecule has 0 atom stereocenters. The first-order valence-corrected chi connectivity index (χ1v) is 4.02. The number of carbonyl (C=O) groups excluding carboxylic acids is 1. The van der Waals surface area contributed by atoms with Crippen LogP contribution in [0.15, 0.2) is 6.33 Å². The molecule has 0 spiro atoms. The van der Waals surface area contributed by atoms with Gasteiger partial charge in [0, 0.05) is 0 Å². The Bertz CT molecular complexity index is 464. The third-order valence-electron chi connectivity index (χ3n) is 1.63. The van der Waals surface area contributed by atoms with Crippen molar-refractivity contribution in [1.82, 2.24) is 25.4 Å². The zero-order valence-corrected chi connectivity index (χ0v) is 7.48. The van der Waals surface area contributed by atoms with Gasteiger partial charge in [0.1, 0.15) is 12.1 Å². The summed E-state index contributed by atoms with van der Waals surface area (Å²) in [6, 6.07) is 0. The molecule has 72 valence electrons. The SMILES string of the molecule is CC(=O)CNc1ncnc2n[nH]nc12. The number of carbonyl (C=O) groups is 1. The van der Waals surface area contributed by atoms with E-state index in [2.05, 4.69) is 30.7 Å². The first-order valence-electron chi connectivity index (χ1n) is 4.02. The van der Waals surface area contributed by atoms with E-state index in [9.17, 15) is 4.79 Å². The smallest absolute Gasteiger partial charge is 0.206 e. The first kappa shape index (κ1) is 8.54. The summed E-state index contributed by atoms with van der Waals surface area (Å²) in [5.41, 5.74) is 1.01. The molecule has 0 fully saturated rings. The van der Waals surface area contributed by atoms with E-state index in [4.69, 9.17) is 0 Å². The van der Waals surface area contributed by atoms with Crippen molar-refractivity contribution in [2.45, 2.75) is 6.92 Å². The second-order valence-corrected chi connectivity index (χ2v) is 2.77. The van der Waals surface area contributed by atoms with E-state index in [1.807, 2.05) is 0 Å². The Labute approximate surface area is 78.9 Å². The molecule has 2 rings (SSSR count). The first-order chi connectivity index (χ1) is 6.77. The molecule has 2 aromatic rings. The highest BCUT2D eigenvalue weighted by molar-refractivity contribution is 5.85. The lowest BCUT2D eigenvalue weighted by Gasteiger charge is -2.01. The monoisotopic (exact) mass is 192 g/mol. The number of nitrogens with one attached hydrogen (secondary N) is 2. The van der Waals surface area contributed by atoms with Gasteiger partial charge in [0.25, 0.3) is 0 Å². The molecule has 0 aliphatic heterocycles. The Balaban J connectivity index is 2.32. The van der Waals surface area contributed by atoms with Crippen LogP contribution in [0.3, 0.4) is 0 Å². The van der Waals surface area contributed by atoms with Crippen molar-refractivity contribution in [3.8, 4) is 0 Å². The Morgan fingerprint density at radius 3 is 3.14 bits per heavy atom. The van der Waals surface area contributed by atoms with Crippen LogP contribution in [0, 0.1) is 0 Å². The number of hydrogen-bond acceptors (Lipinski definition) is 6. The van der Waals surface area contributed by atoms with E-state index >= 15 is 0 Å². The van der Waals surface area contributed by atoms with Crippen molar-refractivity contribution >= 4 is 22.8 Å². The average Bonchev–Trinajstić information content (AvgIpc) is 2.62. The number of aromatic nitrogens is 5. The van der Waals surface area contributed by atoms with E-state index in [0.717, 1.165) is 0 Å². The van der Waals surface area contributed by atoms with E-state index in [-0.39, 0.29) is 12.3 Å². The Hall–Kier alpha value is -2.05. The van der Waals surface area contributed by atoms with E-state index in [1.165, 1.54) is 13.3 Å². The van der Waals surface area contributed by atoms with Crippen LogP contribution in [-0.2, 0) is 4.79 Å². The molecule has 7 nitrogen and oxygen atoms in total. The van der Waals surface area contributed by atoms with Gasteiger partial charge in [-0.2, -0.15) is 10.3 Å². The molecule has 2 aromatic heterocycles. The topological polar surface area (TPSA) is 96.5 Å². The van der Waals surface area contributed by atoms with Gasteiger partial charge in [0.2, 0.25) is 5.65 Å². The largest absolute Gasteiger partial charge is 0.361 e. The van der Waals surface area contributed by atoms with Gasteiger partial charge in [-0.05, 0) is 6.92 Å². The third-order valence-corrected chi connectivity index (χ3v) is 1.63. The summed E-state index contributed by atoms with van der Waals surface area (Å²) in [5.74, 6) is 0.541. The fourth-order valence-electron chi connectivity index (χ4n) is 1.01. The van der Waals surface area contributed by atoms with Gasteiger partial charge >= 0.3 is 0 Å². The summed E-state index contributed by atoms with van der Waals surface area (Å²) < 4.78 is 0. The molecule has 14 heavy (non-hydrogen) atoms. The number of fused-ring (bicyclic) bond motifs is 1. The molecule has 2 N–H and O–H groups in total. The highest BCUT2D eigenvalue weighted by atomic mass is 16.1. The van der Waals surface area contributed by atoms with Crippen molar-refractivity contribution in [3.05, 3.63) is 6.33 Å². The van der Waals surface area contributed by atoms with Crippen molar-refractivity contribution in [2.75, 3.05) is 11.9 Å². The molecule has 0 aliphatic carbocycles. The lowest BCUT2D eigenvalue weighted by molar-refractivity contribution is -0.115. The van der Waals surface area contributed by atoms with Crippen LogP contribution in [0.1, 0.15) is 6.92 Å².